The van der Waals surface area contributed by atoms with Gasteiger partial charge in [-0.05, 0) is 53.1 Å². The molecule has 0 unspecified atom stereocenters. The Kier molecular flexibility index (Phi) is 6.21. The van der Waals surface area contributed by atoms with Crippen LogP contribution in [-0.4, -0.2) is 32.7 Å². The van der Waals surface area contributed by atoms with Crippen molar-refractivity contribution in [1.29, 1.82) is 0 Å². The number of benzene rings is 3. The quantitative estimate of drug-likeness (QED) is 0.386. The predicted octanol–water partition coefficient (Wildman–Crippen LogP) is 4.81. The highest BCUT2D eigenvalue weighted by atomic mass is 32.2. The lowest BCUT2D eigenvalue weighted by Crippen LogP contribution is -2.45. The SMILES string of the molecule is O=C(NCC1(c2ccccc2)CCC1)c1ccccc1SCc1nnnn1-c1ccccc1. The molecule has 0 aliphatic heterocycles. The van der Waals surface area contributed by atoms with Crippen LogP contribution in [0.5, 0.6) is 0 Å². The van der Waals surface area contributed by atoms with E-state index >= 15 is 0 Å². The first-order valence-corrected chi connectivity index (χ1v) is 12.1. The molecule has 7 heteroatoms. The molecule has 166 valence electrons. The number of nitrogens with zero attached hydrogens (tertiary/aromatic N) is 4. The van der Waals surface area contributed by atoms with Gasteiger partial charge in [-0.2, -0.15) is 4.68 Å². The first-order valence-electron chi connectivity index (χ1n) is 11.1. The largest absolute Gasteiger partial charge is 0.351 e. The van der Waals surface area contributed by atoms with Crippen LogP contribution in [-0.2, 0) is 11.2 Å². The number of hydrogen-bond acceptors (Lipinski definition) is 5. The number of rotatable bonds is 8. The van der Waals surface area contributed by atoms with Crippen molar-refractivity contribution in [3.05, 3.63) is 102 Å². The van der Waals surface area contributed by atoms with E-state index in [1.165, 1.54) is 12.0 Å². The van der Waals surface area contributed by atoms with Gasteiger partial charge in [-0.3, -0.25) is 4.79 Å². The van der Waals surface area contributed by atoms with Gasteiger partial charge in [-0.15, -0.1) is 16.9 Å². The first-order chi connectivity index (χ1) is 16.3. The minimum absolute atomic E-state index is 0.0389. The first kappa shape index (κ1) is 21.4. The van der Waals surface area contributed by atoms with E-state index in [9.17, 15) is 4.79 Å². The summed E-state index contributed by atoms with van der Waals surface area (Å²) in [6.45, 7) is 0.654. The highest BCUT2D eigenvalue weighted by molar-refractivity contribution is 7.98. The molecule has 0 radical (unpaired) electrons. The summed E-state index contributed by atoms with van der Waals surface area (Å²) in [5, 5.41) is 15.4. The number of hydrogen-bond donors (Lipinski definition) is 1. The van der Waals surface area contributed by atoms with Crippen molar-refractivity contribution in [3.8, 4) is 5.69 Å². The van der Waals surface area contributed by atoms with E-state index in [1.807, 2.05) is 60.7 Å². The summed E-state index contributed by atoms with van der Waals surface area (Å²) in [5.74, 6) is 1.25. The van der Waals surface area contributed by atoms with Crippen molar-refractivity contribution in [2.75, 3.05) is 6.54 Å². The summed E-state index contributed by atoms with van der Waals surface area (Å²) in [5.41, 5.74) is 2.96. The number of aromatic nitrogens is 4. The van der Waals surface area contributed by atoms with Crippen molar-refractivity contribution in [3.63, 3.8) is 0 Å². The fraction of sp³-hybridized carbons (Fsp3) is 0.231. The van der Waals surface area contributed by atoms with Crippen LogP contribution in [0.25, 0.3) is 5.69 Å². The number of nitrogens with one attached hydrogen (secondary N) is 1. The summed E-state index contributed by atoms with van der Waals surface area (Å²) in [7, 11) is 0. The highest BCUT2D eigenvalue weighted by Crippen LogP contribution is 2.43. The molecule has 3 aromatic carbocycles. The van der Waals surface area contributed by atoms with Gasteiger partial charge >= 0.3 is 0 Å². The Labute approximate surface area is 197 Å². The third kappa shape index (κ3) is 4.54. The predicted molar refractivity (Wildman–Crippen MR) is 129 cm³/mol. The average molecular weight is 456 g/mol. The minimum atomic E-state index is -0.0389. The molecule has 1 aromatic heterocycles. The van der Waals surface area contributed by atoms with Gasteiger partial charge in [0.1, 0.15) is 0 Å². The van der Waals surface area contributed by atoms with Gasteiger partial charge in [0.05, 0.1) is 17.0 Å². The van der Waals surface area contributed by atoms with Gasteiger partial charge in [0.15, 0.2) is 5.82 Å². The maximum Gasteiger partial charge on any atom is 0.252 e. The maximum atomic E-state index is 13.2. The van der Waals surface area contributed by atoms with E-state index in [2.05, 4.69) is 45.1 Å². The monoisotopic (exact) mass is 455 g/mol. The molecule has 1 N–H and O–H groups in total. The minimum Gasteiger partial charge on any atom is -0.351 e. The van der Waals surface area contributed by atoms with E-state index in [-0.39, 0.29) is 11.3 Å². The molecule has 1 heterocycles. The number of carbonyl (C=O) groups excluding carboxylic acids is 1. The number of tetrazole rings is 1. The number of carbonyl (C=O) groups is 1. The van der Waals surface area contributed by atoms with Crippen LogP contribution in [0.4, 0.5) is 0 Å². The van der Waals surface area contributed by atoms with Crippen LogP contribution in [0, 0.1) is 0 Å². The second kappa shape index (κ2) is 9.58. The second-order valence-electron chi connectivity index (χ2n) is 8.31. The molecule has 1 aliphatic rings. The molecular weight excluding hydrogens is 430 g/mol. The van der Waals surface area contributed by atoms with E-state index in [4.69, 9.17) is 0 Å². The van der Waals surface area contributed by atoms with E-state index < -0.39 is 0 Å². The van der Waals surface area contributed by atoms with Crippen LogP contribution >= 0.6 is 11.8 Å². The molecule has 0 saturated heterocycles. The fourth-order valence-electron chi connectivity index (χ4n) is 4.30. The molecule has 5 rings (SSSR count). The molecule has 1 fully saturated rings. The Bertz CT molecular complexity index is 1220. The Morgan fingerprint density at radius 1 is 0.939 bits per heavy atom. The zero-order valence-corrected chi connectivity index (χ0v) is 19.0. The summed E-state index contributed by atoms with van der Waals surface area (Å²) >= 11 is 1.57. The van der Waals surface area contributed by atoms with Gasteiger partial charge < -0.3 is 5.32 Å². The smallest absolute Gasteiger partial charge is 0.252 e. The number of thioether (sulfide) groups is 1. The van der Waals surface area contributed by atoms with Crippen molar-refractivity contribution in [1.82, 2.24) is 25.5 Å². The van der Waals surface area contributed by atoms with Crippen molar-refractivity contribution < 1.29 is 4.79 Å². The van der Waals surface area contributed by atoms with Crippen molar-refractivity contribution in [2.24, 2.45) is 0 Å². The van der Waals surface area contributed by atoms with Gasteiger partial charge in [-0.25, -0.2) is 0 Å². The standard InChI is InChI=1S/C26H25N5OS/c32-25(27-19-26(16-9-17-26)20-10-3-1-4-11-20)22-14-7-8-15-23(22)33-18-24-28-29-30-31(24)21-12-5-2-6-13-21/h1-8,10-15H,9,16-19H2,(H,27,32). The van der Waals surface area contributed by atoms with Crippen LogP contribution in [0.3, 0.4) is 0 Å². The van der Waals surface area contributed by atoms with E-state index in [1.54, 1.807) is 16.4 Å². The molecule has 1 aliphatic carbocycles. The molecule has 0 spiro atoms. The molecule has 0 bridgehead atoms. The molecule has 4 aromatic rings. The fourth-order valence-corrected chi connectivity index (χ4v) is 5.25. The van der Waals surface area contributed by atoms with Gasteiger partial charge in [0.25, 0.3) is 5.91 Å². The molecular formula is C26H25N5OS. The zero-order valence-electron chi connectivity index (χ0n) is 18.2. The molecule has 1 amide bonds. The molecule has 33 heavy (non-hydrogen) atoms. The lowest BCUT2D eigenvalue weighted by molar-refractivity contribution is 0.0925. The number of amides is 1. The van der Waals surface area contributed by atoms with E-state index in [0.29, 0.717) is 17.9 Å². The summed E-state index contributed by atoms with van der Waals surface area (Å²) in [4.78, 5) is 14.1. The molecule has 0 atom stereocenters. The third-order valence-electron chi connectivity index (χ3n) is 6.31. The maximum absolute atomic E-state index is 13.2. The van der Waals surface area contributed by atoms with Crippen LogP contribution in [0.2, 0.25) is 0 Å². The summed E-state index contributed by atoms with van der Waals surface area (Å²) < 4.78 is 1.73. The second-order valence-corrected chi connectivity index (χ2v) is 9.33. The Balaban J connectivity index is 1.28. The van der Waals surface area contributed by atoms with Gasteiger partial charge in [0.2, 0.25) is 0 Å². The van der Waals surface area contributed by atoms with Crippen LogP contribution in [0.1, 0.15) is 41.0 Å². The van der Waals surface area contributed by atoms with Gasteiger partial charge in [0, 0.05) is 16.9 Å². The van der Waals surface area contributed by atoms with Crippen molar-refractivity contribution >= 4 is 17.7 Å². The molecule has 1 saturated carbocycles. The molecule has 6 nitrogen and oxygen atoms in total. The third-order valence-corrected chi connectivity index (χ3v) is 7.38. The summed E-state index contributed by atoms with van der Waals surface area (Å²) in [6, 6.07) is 28.1. The van der Waals surface area contributed by atoms with Crippen LogP contribution < -0.4 is 5.32 Å². The highest BCUT2D eigenvalue weighted by Gasteiger charge is 2.38. The Morgan fingerprint density at radius 2 is 1.64 bits per heavy atom. The lowest BCUT2D eigenvalue weighted by atomic mass is 9.64. The zero-order chi connectivity index (χ0) is 22.5. The van der Waals surface area contributed by atoms with E-state index in [0.717, 1.165) is 29.2 Å². The normalized spacial score (nSPS) is 14.4. The lowest BCUT2D eigenvalue weighted by Gasteiger charge is -2.42. The van der Waals surface area contributed by atoms with Crippen LogP contribution in [0.15, 0.2) is 89.8 Å². The summed E-state index contributed by atoms with van der Waals surface area (Å²) in [6.07, 6.45) is 3.42. The Hall–Kier alpha value is -3.45. The number of para-hydroxylation sites is 1. The average Bonchev–Trinajstić information content (AvgIpc) is 3.32. The van der Waals surface area contributed by atoms with Gasteiger partial charge in [-0.1, -0.05) is 67.1 Å². The van der Waals surface area contributed by atoms with Crippen molar-refractivity contribution in [2.45, 2.75) is 35.3 Å². The topological polar surface area (TPSA) is 72.7 Å². The Morgan fingerprint density at radius 3 is 2.36 bits per heavy atom.